The second kappa shape index (κ2) is 20.5. The van der Waals surface area contributed by atoms with E-state index in [1.54, 1.807) is 0 Å². The van der Waals surface area contributed by atoms with Crippen LogP contribution in [0.3, 0.4) is 0 Å². The first kappa shape index (κ1) is 52.3. The molecule has 3 heterocycles. The fraction of sp³-hybridized carbons (Fsp3) is 0. The molecule has 0 aliphatic carbocycles. The van der Waals surface area contributed by atoms with Gasteiger partial charge in [0.05, 0.1) is 11.0 Å². The molecule has 0 amide bonds. The van der Waals surface area contributed by atoms with E-state index in [0.717, 1.165) is 5.69 Å². The Bertz CT molecular complexity index is 6190. The van der Waals surface area contributed by atoms with Crippen LogP contribution >= 0.6 is 22.7 Å². The van der Waals surface area contributed by atoms with E-state index < -0.39 is 0 Å². The van der Waals surface area contributed by atoms with Gasteiger partial charge in [0, 0.05) is 67.9 Å². The monoisotopic (exact) mass is 1210 g/mol. The molecule has 93 heavy (non-hydrogen) atoms. The third-order valence-corrected chi connectivity index (χ3v) is 22.5. The second-order valence-corrected chi connectivity index (χ2v) is 26.9. The largest absolute Gasteiger partial charge is 0.309 e. The van der Waals surface area contributed by atoms with Gasteiger partial charge in [-0.05, 0) is 169 Å². The lowest BCUT2D eigenvalue weighted by molar-refractivity contribution is 1.18. The minimum absolute atomic E-state index is 1.12. The highest BCUT2D eigenvalue weighted by Crippen LogP contribution is 2.51. The Labute approximate surface area is 544 Å². The number of fused-ring (bicyclic) bond motifs is 17. The lowest BCUT2D eigenvalue weighted by atomic mass is 9.86. The highest BCUT2D eigenvalue weighted by Gasteiger charge is 2.23. The average Bonchev–Trinajstić information content (AvgIpc) is 1.75. The minimum Gasteiger partial charge on any atom is -0.309 e. The zero-order valence-corrected chi connectivity index (χ0v) is 52.0. The molecular weight excluding hydrogens is 1160 g/mol. The van der Waals surface area contributed by atoms with E-state index in [1.807, 2.05) is 22.7 Å². The highest BCUT2D eigenvalue weighted by atomic mass is 32.1. The van der Waals surface area contributed by atoms with Crippen LogP contribution in [0.5, 0.6) is 0 Å². The van der Waals surface area contributed by atoms with Crippen LogP contribution in [0.15, 0.2) is 322 Å². The van der Waals surface area contributed by atoms with Crippen LogP contribution < -0.4 is 0 Å². The van der Waals surface area contributed by atoms with Crippen LogP contribution in [0.4, 0.5) is 0 Å². The Morgan fingerprint density at radius 2 is 0.505 bits per heavy atom. The van der Waals surface area contributed by atoms with Crippen molar-refractivity contribution in [3.8, 4) is 72.4 Å². The lowest BCUT2D eigenvalue weighted by Crippen LogP contribution is -1.95. The van der Waals surface area contributed by atoms with E-state index in [1.165, 1.54) is 194 Å². The van der Waals surface area contributed by atoms with Gasteiger partial charge in [0.15, 0.2) is 0 Å². The van der Waals surface area contributed by atoms with Crippen molar-refractivity contribution in [1.29, 1.82) is 0 Å². The van der Waals surface area contributed by atoms with Gasteiger partial charge in [0.2, 0.25) is 0 Å². The van der Waals surface area contributed by atoms with Crippen LogP contribution in [0.25, 0.3) is 199 Å². The number of rotatable bonds is 7. The Kier molecular flexibility index (Phi) is 11.6. The molecule has 0 spiro atoms. The molecule has 0 bridgehead atoms. The van der Waals surface area contributed by atoms with Gasteiger partial charge in [0.1, 0.15) is 0 Å². The van der Waals surface area contributed by atoms with Crippen LogP contribution in [-0.2, 0) is 0 Å². The van der Waals surface area contributed by atoms with Gasteiger partial charge in [-0.1, -0.05) is 273 Å². The third kappa shape index (κ3) is 7.91. The van der Waals surface area contributed by atoms with Crippen LogP contribution in [0, 0.1) is 0 Å². The van der Waals surface area contributed by atoms with E-state index in [4.69, 9.17) is 0 Å². The summed E-state index contributed by atoms with van der Waals surface area (Å²) in [5.41, 5.74) is 18.4. The molecule has 20 aromatic rings. The maximum atomic E-state index is 2.50. The van der Waals surface area contributed by atoms with E-state index in [0.29, 0.717) is 0 Å². The van der Waals surface area contributed by atoms with Gasteiger partial charge in [-0.3, -0.25) is 0 Å². The normalized spacial score (nSPS) is 12.1. The minimum atomic E-state index is 1.12. The van der Waals surface area contributed by atoms with Crippen molar-refractivity contribution in [3.63, 3.8) is 0 Å². The highest BCUT2D eigenvalue weighted by molar-refractivity contribution is 7.27. The predicted molar refractivity (Wildman–Crippen MR) is 404 cm³/mol. The number of hydrogen-bond acceptors (Lipinski definition) is 2. The Balaban J connectivity index is 0.782. The molecule has 0 aliphatic heterocycles. The molecule has 1 nitrogen and oxygen atoms in total. The Morgan fingerprint density at radius 1 is 0.183 bits per heavy atom. The number of thiophene rings is 2. The molecule has 0 aliphatic rings. The number of nitrogens with zero attached hydrogens (tertiary/aromatic N) is 1. The summed E-state index contributed by atoms with van der Waals surface area (Å²) in [6.07, 6.45) is 0. The summed E-state index contributed by atoms with van der Waals surface area (Å²) in [6, 6.07) is 121. The number of benzene rings is 17. The van der Waals surface area contributed by atoms with E-state index in [2.05, 4.69) is 326 Å². The molecule has 0 unspecified atom stereocenters. The molecule has 0 saturated heterocycles. The molecule has 0 saturated carbocycles. The van der Waals surface area contributed by atoms with E-state index in [9.17, 15) is 0 Å². The molecule has 17 aromatic carbocycles. The summed E-state index contributed by atoms with van der Waals surface area (Å²) in [5, 5.41) is 22.8. The van der Waals surface area contributed by atoms with Crippen LogP contribution in [-0.4, -0.2) is 4.57 Å². The zero-order chi connectivity index (χ0) is 60.8. The fourth-order valence-corrected chi connectivity index (χ4v) is 18.6. The van der Waals surface area contributed by atoms with Gasteiger partial charge in [0.25, 0.3) is 0 Å². The summed E-state index contributed by atoms with van der Waals surface area (Å²) < 4.78 is 7.72. The summed E-state index contributed by atoms with van der Waals surface area (Å²) in [4.78, 5) is 0. The molecule has 0 fully saturated rings. The van der Waals surface area contributed by atoms with Crippen LogP contribution in [0.2, 0.25) is 0 Å². The Hall–Kier alpha value is -11.5. The van der Waals surface area contributed by atoms with Crippen LogP contribution in [0.1, 0.15) is 0 Å². The first-order valence-corrected chi connectivity index (χ1v) is 33.7. The molecule has 3 aromatic heterocycles. The smallest absolute Gasteiger partial charge is 0.0541 e. The molecule has 0 atom stereocenters. The number of aromatic nitrogens is 1. The second-order valence-electron chi connectivity index (χ2n) is 24.9. The summed E-state index contributed by atoms with van der Waals surface area (Å²) in [5.74, 6) is 0. The van der Waals surface area contributed by atoms with Crippen molar-refractivity contribution in [1.82, 2.24) is 4.57 Å². The summed E-state index contributed by atoms with van der Waals surface area (Å²) in [7, 11) is 0. The summed E-state index contributed by atoms with van der Waals surface area (Å²) >= 11 is 3.86. The fourth-order valence-electron chi connectivity index (χ4n) is 15.8. The zero-order valence-electron chi connectivity index (χ0n) is 50.4. The topological polar surface area (TPSA) is 4.93 Å². The van der Waals surface area contributed by atoms with Crippen molar-refractivity contribution < 1.29 is 0 Å². The molecule has 0 radical (unpaired) electrons. The average molecular weight is 1210 g/mol. The molecule has 0 N–H and O–H groups in total. The lowest BCUT2D eigenvalue weighted by Gasteiger charge is -2.18. The first-order chi connectivity index (χ1) is 46.1. The van der Waals surface area contributed by atoms with Crippen molar-refractivity contribution in [2.45, 2.75) is 0 Å². The molecule has 430 valence electrons. The molecule has 3 heteroatoms. The van der Waals surface area contributed by atoms with Crippen molar-refractivity contribution >= 4 is 149 Å². The number of hydrogen-bond donors (Lipinski definition) is 0. The van der Waals surface area contributed by atoms with Gasteiger partial charge in [-0.25, -0.2) is 0 Å². The SMILES string of the molecule is c1ccc(-c2c3ccccc3c(-c3ccc(-n4c5ccc(-c6cccc7c6sc6c(-c8cc9ccccc9c9ccccc89)cccc67)cc5c5cc(-c6cccc7c6sc6c(-c8cc9ccccc9c9ccccc89)cccc67)ccc54)cc3)c3ccccc23)cc1. The predicted octanol–water partition coefficient (Wildman–Crippen LogP) is 26.4. The summed E-state index contributed by atoms with van der Waals surface area (Å²) in [6.45, 7) is 0. The van der Waals surface area contributed by atoms with Gasteiger partial charge in [-0.15, -0.1) is 22.7 Å². The van der Waals surface area contributed by atoms with Crippen molar-refractivity contribution in [2.75, 3.05) is 0 Å². The quantitative estimate of drug-likeness (QED) is 0.111. The maximum absolute atomic E-state index is 2.50. The van der Waals surface area contributed by atoms with Crippen molar-refractivity contribution in [3.05, 3.63) is 322 Å². The maximum Gasteiger partial charge on any atom is 0.0541 e. The van der Waals surface area contributed by atoms with Gasteiger partial charge < -0.3 is 4.57 Å². The first-order valence-electron chi connectivity index (χ1n) is 32.0. The molecular formula is C90H53NS2. The van der Waals surface area contributed by atoms with E-state index >= 15 is 0 Å². The standard InChI is InChI=1S/C90H53NS2/c1-2-20-54(21-3-1)85-69-30-12-14-32-71(69)86(72-33-15-13-31-70(72)85)55-42-46-60(47-43-55)91-83-48-44-58(63-34-16-36-73-75-38-18-40-77(89(75)92-87(63)73)79-50-56-22-4-6-24-61(56)65-26-8-10-28-67(65)79)52-81(83)82-53-59(45-49-84(82)91)64-35-17-37-74-76-39-19-41-78(90(76)93-88(64)74)80-51-57-23-5-7-25-62(57)66-27-9-11-29-68(66)80/h1-53H. The van der Waals surface area contributed by atoms with Gasteiger partial charge in [-0.2, -0.15) is 0 Å². The molecule has 20 rings (SSSR count). The van der Waals surface area contributed by atoms with Crippen molar-refractivity contribution in [2.24, 2.45) is 0 Å². The van der Waals surface area contributed by atoms with Gasteiger partial charge >= 0.3 is 0 Å². The Morgan fingerprint density at radius 3 is 0.935 bits per heavy atom. The third-order valence-electron chi connectivity index (χ3n) is 20.0. The van der Waals surface area contributed by atoms with E-state index in [-0.39, 0.29) is 0 Å².